The van der Waals surface area contributed by atoms with E-state index in [2.05, 4.69) is 19.1 Å². The summed E-state index contributed by atoms with van der Waals surface area (Å²) in [5.74, 6) is -0.178. The largest absolute Gasteiger partial charge is 0.207 e. The van der Waals surface area contributed by atoms with E-state index in [0.29, 0.717) is 0 Å². The van der Waals surface area contributed by atoms with Crippen molar-refractivity contribution in [1.82, 2.24) is 0 Å². The average Bonchev–Trinajstić information content (AvgIpc) is 2.34. The van der Waals surface area contributed by atoms with Crippen molar-refractivity contribution >= 4 is 0 Å². The molecule has 0 radical (unpaired) electrons. The van der Waals surface area contributed by atoms with Crippen LogP contribution in [0.5, 0.6) is 0 Å². The van der Waals surface area contributed by atoms with Crippen LogP contribution in [0.1, 0.15) is 19.4 Å². The van der Waals surface area contributed by atoms with Gasteiger partial charge < -0.3 is 0 Å². The maximum absolute atomic E-state index is 11.9. The van der Waals surface area contributed by atoms with Crippen LogP contribution >= 0.6 is 0 Å². The minimum Gasteiger partial charge on any atom is -0.207 e. The highest BCUT2D eigenvalue weighted by Crippen LogP contribution is 1.92. The summed E-state index contributed by atoms with van der Waals surface area (Å²) in [6.45, 7) is 6.08. The van der Waals surface area contributed by atoms with Gasteiger partial charge in [-0.3, -0.25) is 0 Å². The second-order valence-corrected chi connectivity index (χ2v) is 2.95. The predicted octanol–water partition coefficient (Wildman–Crippen LogP) is 4.85. The molecule has 2 rings (SSSR count). The first-order valence-corrected chi connectivity index (χ1v) is 5.51. The molecule has 0 fully saturated rings. The number of halogens is 1. The van der Waals surface area contributed by atoms with Gasteiger partial charge in [-0.2, -0.15) is 0 Å². The summed E-state index contributed by atoms with van der Waals surface area (Å²) in [7, 11) is 0. The molecule has 0 saturated heterocycles. The van der Waals surface area contributed by atoms with E-state index in [0.717, 1.165) is 0 Å². The van der Waals surface area contributed by atoms with Crippen LogP contribution in [0.15, 0.2) is 60.7 Å². The highest BCUT2D eigenvalue weighted by Gasteiger charge is 1.77. The van der Waals surface area contributed by atoms with Crippen molar-refractivity contribution in [2.45, 2.75) is 20.8 Å². The third-order valence-electron chi connectivity index (χ3n) is 1.67. The lowest BCUT2D eigenvalue weighted by Crippen LogP contribution is -1.63. The van der Waals surface area contributed by atoms with E-state index < -0.39 is 0 Å². The fourth-order valence-electron chi connectivity index (χ4n) is 0.949. The monoisotopic (exact) mass is 218 g/mol. The Bertz CT molecular complexity index is 303. The molecule has 86 valence electrons. The van der Waals surface area contributed by atoms with E-state index >= 15 is 0 Å². The van der Waals surface area contributed by atoms with Gasteiger partial charge in [-0.1, -0.05) is 67.9 Å². The second kappa shape index (κ2) is 9.91. The van der Waals surface area contributed by atoms with Crippen molar-refractivity contribution in [2.75, 3.05) is 0 Å². The van der Waals surface area contributed by atoms with E-state index in [1.165, 1.54) is 17.7 Å². The summed E-state index contributed by atoms with van der Waals surface area (Å²) < 4.78 is 11.9. The smallest absolute Gasteiger partial charge is 0.123 e. The second-order valence-electron chi connectivity index (χ2n) is 2.95. The first-order chi connectivity index (χ1) is 7.79. The summed E-state index contributed by atoms with van der Waals surface area (Å²) in [5, 5.41) is 0. The molecule has 0 saturated carbocycles. The lowest BCUT2D eigenvalue weighted by molar-refractivity contribution is 0.628. The minimum absolute atomic E-state index is 0.178. The highest BCUT2D eigenvalue weighted by atomic mass is 19.1. The summed E-state index contributed by atoms with van der Waals surface area (Å²) in [5.41, 5.74) is 1.32. The van der Waals surface area contributed by atoms with Crippen LogP contribution in [0, 0.1) is 12.7 Å². The van der Waals surface area contributed by atoms with Gasteiger partial charge in [-0.25, -0.2) is 4.39 Å². The zero-order chi connectivity index (χ0) is 12.2. The van der Waals surface area contributed by atoms with Crippen LogP contribution in [0.2, 0.25) is 0 Å². The number of hydrogen-bond acceptors (Lipinski definition) is 0. The van der Waals surface area contributed by atoms with Crippen LogP contribution in [-0.2, 0) is 0 Å². The Balaban J connectivity index is 0.000000244. The molecular weight excluding hydrogens is 199 g/mol. The molecule has 0 aliphatic carbocycles. The first-order valence-electron chi connectivity index (χ1n) is 5.51. The fraction of sp³-hybridized carbons (Fsp3) is 0.200. The number of aryl methyl sites for hydroxylation is 1. The van der Waals surface area contributed by atoms with Gasteiger partial charge in [-0.15, -0.1) is 0 Å². The van der Waals surface area contributed by atoms with Crippen LogP contribution < -0.4 is 0 Å². The maximum Gasteiger partial charge on any atom is 0.123 e. The van der Waals surface area contributed by atoms with Crippen LogP contribution in [-0.4, -0.2) is 0 Å². The van der Waals surface area contributed by atoms with Crippen molar-refractivity contribution in [3.8, 4) is 0 Å². The molecule has 0 aliphatic heterocycles. The summed E-state index contributed by atoms with van der Waals surface area (Å²) in [4.78, 5) is 0. The van der Waals surface area contributed by atoms with E-state index in [1.807, 2.05) is 32.0 Å². The Labute approximate surface area is 97.8 Å². The van der Waals surface area contributed by atoms with Gasteiger partial charge in [0.15, 0.2) is 0 Å². The standard InChI is InChI=1S/C7H8.C6H5F.C2H6/c1-7-5-3-2-4-6-7;7-6-4-2-1-3-5-6;1-2/h2-6H,1H3;1-5H;1-2H3. The molecule has 2 aromatic rings. The number of rotatable bonds is 0. The molecule has 0 N–H and O–H groups in total. The third-order valence-corrected chi connectivity index (χ3v) is 1.67. The van der Waals surface area contributed by atoms with Gasteiger partial charge in [0.25, 0.3) is 0 Å². The average molecular weight is 218 g/mol. The summed E-state index contributed by atoms with van der Waals surface area (Å²) in [6.07, 6.45) is 0. The van der Waals surface area contributed by atoms with E-state index in [9.17, 15) is 4.39 Å². The van der Waals surface area contributed by atoms with E-state index in [-0.39, 0.29) is 5.82 Å². The topological polar surface area (TPSA) is 0 Å². The van der Waals surface area contributed by atoms with Gasteiger partial charge >= 0.3 is 0 Å². The molecule has 0 nitrogen and oxygen atoms in total. The minimum atomic E-state index is -0.178. The quantitative estimate of drug-likeness (QED) is 0.593. The number of benzene rings is 2. The van der Waals surface area contributed by atoms with Gasteiger partial charge in [0.1, 0.15) is 5.82 Å². The Kier molecular flexibility index (Phi) is 8.90. The molecule has 16 heavy (non-hydrogen) atoms. The van der Waals surface area contributed by atoms with Crippen molar-refractivity contribution in [3.05, 3.63) is 72.0 Å². The molecule has 0 aromatic heterocycles. The molecule has 1 heteroatoms. The van der Waals surface area contributed by atoms with Crippen molar-refractivity contribution in [2.24, 2.45) is 0 Å². The molecular formula is C15H19F. The molecule has 0 aliphatic rings. The zero-order valence-electron chi connectivity index (χ0n) is 10.2. The van der Waals surface area contributed by atoms with Gasteiger partial charge in [-0.05, 0) is 19.1 Å². The Hall–Kier alpha value is -1.63. The number of hydrogen-bond donors (Lipinski definition) is 0. The van der Waals surface area contributed by atoms with Crippen LogP contribution in [0.4, 0.5) is 4.39 Å². The normalized spacial score (nSPS) is 8.00. The highest BCUT2D eigenvalue weighted by molar-refractivity contribution is 5.11. The molecule has 0 spiro atoms. The molecule has 0 bridgehead atoms. The SMILES string of the molecule is CC.Cc1ccccc1.Fc1ccccc1. The Morgan fingerprint density at radius 1 is 0.688 bits per heavy atom. The molecule has 0 unspecified atom stereocenters. The predicted molar refractivity (Wildman–Crippen MR) is 68.9 cm³/mol. The van der Waals surface area contributed by atoms with E-state index in [4.69, 9.17) is 0 Å². The van der Waals surface area contributed by atoms with Gasteiger partial charge in [0.05, 0.1) is 0 Å². The van der Waals surface area contributed by atoms with Crippen molar-refractivity contribution in [1.29, 1.82) is 0 Å². The summed E-state index contributed by atoms with van der Waals surface area (Å²) in [6, 6.07) is 18.2. The summed E-state index contributed by atoms with van der Waals surface area (Å²) >= 11 is 0. The molecule has 0 amide bonds. The molecule has 0 heterocycles. The van der Waals surface area contributed by atoms with Crippen LogP contribution in [0.25, 0.3) is 0 Å². The Morgan fingerprint density at radius 3 is 1.25 bits per heavy atom. The van der Waals surface area contributed by atoms with Gasteiger partial charge in [0, 0.05) is 0 Å². The Morgan fingerprint density at radius 2 is 1.06 bits per heavy atom. The van der Waals surface area contributed by atoms with E-state index in [1.54, 1.807) is 18.2 Å². The lowest BCUT2D eigenvalue weighted by Gasteiger charge is -1.82. The molecule has 0 atom stereocenters. The lowest BCUT2D eigenvalue weighted by atomic mass is 10.2. The zero-order valence-corrected chi connectivity index (χ0v) is 10.2. The molecule has 2 aromatic carbocycles. The first kappa shape index (κ1) is 14.4. The van der Waals surface area contributed by atoms with Crippen molar-refractivity contribution in [3.63, 3.8) is 0 Å². The van der Waals surface area contributed by atoms with Gasteiger partial charge in [0.2, 0.25) is 0 Å². The third kappa shape index (κ3) is 7.74. The maximum atomic E-state index is 11.9. The fourth-order valence-corrected chi connectivity index (χ4v) is 0.949. The van der Waals surface area contributed by atoms with Crippen molar-refractivity contribution < 1.29 is 4.39 Å². The van der Waals surface area contributed by atoms with Crippen LogP contribution in [0.3, 0.4) is 0 Å².